The summed E-state index contributed by atoms with van der Waals surface area (Å²) < 4.78 is 10.9. The van der Waals surface area contributed by atoms with Crippen LogP contribution in [0.3, 0.4) is 0 Å². The van der Waals surface area contributed by atoms with E-state index in [9.17, 15) is 4.79 Å². The van der Waals surface area contributed by atoms with Crippen LogP contribution >= 0.6 is 11.6 Å². The molecule has 5 heteroatoms. The number of anilines is 1. The Balaban J connectivity index is 2.08. The van der Waals surface area contributed by atoms with Gasteiger partial charge in [0.1, 0.15) is 11.5 Å². The average molecular weight is 334 g/mol. The molecule has 1 atom stereocenters. The van der Waals surface area contributed by atoms with Gasteiger partial charge in [-0.1, -0.05) is 23.7 Å². The van der Waals surface area contributed by atoms with Crippen molar-refractivity contribution in [2.75, 3.05) is 12.4 Å². The molecule has 0 spiro atoms. The van der Waals surface area contributed by atoms with E-state index in [0.29, 0.717) is 22.2 Å². The first-order valence-corrected chi connectivity index (χ1v) is 7.67. The van der Waals surface area contributed by atoms with Crippen LogP contribution in [0, 0.1) is 13.8 Å². The van der Waals surface area contributed by atoms with Gasteiger partial charge >= 0.3 is 0 Å². The second kappa shape index (κ2) is 7.38. The van der Waals surface area contributed by atoms with Crippen LogP contribution in [0.5, 0.6) is 11.5 Å². The number of amides is 1. The molecule has 0 aromatic heterocycles. The Labute approximate surface area is 141 Å². The molecule has 0 aliphatic rings. The Morgan fingerprint density at radius 2 is 1.78 bits per heavy atom. The van der Waals surface area contributed by atoms with E-state index < -0.39 is 6.10 Å². The summed E-state index contributed by atoms with van der Waals surface area (Å²) in [5.74, 6) is 0.970. The summed E-state index contributed by atoms with van der Waals surface area (Å²) in [5, 5.41) is 3.52. The molecule has 2 aromatic carbocycles. The number of hydrogen-bond acceptors (Lipinski definition) is 3. The number of benzene rings is 2. The van der Waals surface area contributed by atoms with Crippen LogP contribution in [0.1, 0.15) is 18.1 Å². The van der Waals surface area contributed by atoms with Gasteiger partial charge in [-0.05, 0) is 56.2 Å². The average Bonchev–Trinajstić information content (AvgIpc) is 2.53. The number of carbonyl (C=O) groups is 1. The zero-order valence-corrected chi connectivity index (χ0v) is 14.4. The van der Waals surface area contributed by atoms with Crippen molar-refractivity contribution >= 4 is 23.2 Å². The van der Waals surface area contributed by atoms with Crippen molar-refractivity contribution in [3.05, 3.63) is 52.5 Å². The first kappa shape index (κ1) is 17.2. The third-order valence-electron chi connectivity index (χ3n) is 3.46. The number of nitrogens with one attached hydrogen (secondary N) is 1. The van der Waals surface area contributed by atoms with Crippen LogP contribution in [-0.2, 0) is 4.79 Å². The lowest BCUT2D eigenvalue weighted by atomic mass is 10.1. The maximum Gasteiger partial charge on any atom is 0.265 e. The van der Waals surface area contributed by atoms with Gasteiger partial charge in [-0.25, -0.2) is 0 Å². The fourth-order valence-electron chi connectivity index (χ4n) is 2.21. The minimum absolute atomic E-state index is 0.250. The maximum atomic E-state index is 12.3. The fourth-order valence-corrected chi connectivity index (χ4v) is 2.32. The molecule has 0 aliphatic carbocycles. The Morgan fingerprint density at radius 1 is 1.17 bits per heavy atom. The summed E-state index contributed by atoms with van der Waals surface area (Å²) in [7, 11) is 1.56. The number of methoxy groups -OCH3 is 1. The van der Waals surface area contributed by atoms with E-state index >= 15 is 0 Å². The van der Waals surface area contributed by atoms with Crippen molar-refractivity contribution in [3.63, 3.8) is 0 Å². The highest BCUT2D eigenvalue weighted by Crippen LogP contribution is 2.27. The molecule has 1 amide bonds. The van der Waals surface area contributed by atoms with Crippen LogP contribution in [-0.4, -0.2) is 19.1 Å². The minimum atomic E-state index is -0.653. The Hall–Kier alpha value is -2.20. The van der Waals surface area contributed by atoms with E-state index in [1.807, 2.05) is 38.1 Å². The first-order chi connectivity index (χ1) is 10.9. The Bertz CT molecular complexity index is 692. The van der Waals surface area contributed by atoms with Crippen LogP contribution < -0.4 is 14.8 Å². The maximum absolute atomic E-state index is 12.3. The predicted molar refractivity (Wildman–Crippen MR) is 92.6 cm³/mol. The number of ether oxygens (including phenoxy) is 2. The van der Waals surface area contributed by atoms with Crippen molar-refractivity contribution in [1.82, 2.24) is 0 Å². The topological polar surface area (TPSA) is 47.6 Å². The zero-order valence-electron chi connectivity index (χ0n) is 13.6. The van der Waals surface area contributed by atoms with E-state index in [1.165, 1.54) is 0 Å². The van der Waals surface area contributed by atoms with Gasteiger partial charge in [-0.15, -0.1) is 0 Å². The summed E-state index contributed by atoms with van der Waals surface area (Å²) in [4.78, 5) is 12.3. The summed E-state index contributed by atoms with van der Waals surface area (Å²) in [6.07, 6.45) is -0.653. The molecule has 2 aromatic rings. The highest BCUT2D eigenvalue weighted by Gasteiger charge is 2.17. The second-order valence-electron chi connectivity index (χ2n) is 5.32. The Kier molecular flexibility index (Phi) is 5.50. The molecule has 1 N–H and O–H groups in total. The van der Waals surface area contributed by atoms with Crippen LogP contribution in [0.15, 0.2) is 36.4 Å². The van der Waals surface area contributed by atoms with Gasteiger partial charge in [-0.2, -0.15) is 0 Å². The number of aryl methyl sites for hydroxylation is 2. The number of carbonyl (C=O) groups excluding carboxylic acids is 1. The smallest absolute Gasteiger partial charge is 0.265 e. The summed E-state index contributed by atoms with van der Waals surface area (Å²) in [6, 6.07) is 10.9. The standard InChI is InChI=1S/C18H20ClNO3/c1-11-9-14(10-12(2)17(11)19)23-13(3)18(21)20-15-7-5-6-8-16(15)22-4/h5-10,13H,1-4H3,(H,20,21)/t13-/m0/s1. The van der Waals surface area contributed by atoms with Crippen LogP contribution in [0.2, 0.25) is 5.02 Å². The first-order valence-electron chi connectivity index (χ1n) is 7.29. The van der Waals surface area contributed by atoms with Crippen LogP contribution in [0.4, 0.5) is 5.69 Å². The second-order valence-corrected chi connectivity index (χ2v) is 5.70. The molecule has 0 saturated carbocycles. The van der Waals surface area contributed by atoms with E-state index in [2.05, 4.69) is 5.32 Å². The molecular formula is C18H20ClNO3. The highest BCUT2D eigenvalue weighted by atomic mass is 35.5. The lowest BCUT2D eigenvalue weighted by Gasteiger charge is -2.17. The number of hydrogen-bond donors (Lipinski definition) is 1. The minimum Gasteiger partial charge on any atom is -0.495 e. The van der Waals surface area contributed by atoms with E-state index in [4.69, 9.17) is 21.1 Å². The van der Waals surface area contributed by atoms with Gasteiger partial charge in [-0.3, -0.25) is 4.79 Å². The molecule has 4 nitrogen and oxygen atoms in total. The third-order valence-corrected chi connectivity index (χ3v) is 4.05. The lowest BCUT2D eigenvalue weighted by Crippen LogP contribution is -2.30. The molecule has 0 fully saturated rings. The third kappa shape index (κ3) is 4.17. The fraction of sp³-hybridized carbons (Fsp3) is 0.278. The van der Waals surface area contributed by atoms with Crippen molar-refractivity contribution in [1.29, 1.82) is 0 Å². The molecular weight excluding hydrogens is 314 g/mol. The normalized spacial score (nSPS) is 11.7. The highest BCUT2D eigenvalue weighted by molar-refractivity contribution is 6.32. The van der Waals surface area contributed by atoms with Crippen LogP contribution in [0.25, 0.3) is 0 Å². The van der Waals surface area contributed by atoms with E-state index in [-0.39, 0.29) is 5.91 Å². The van der Waals surface area contributed by atoms with Gasteiger partial charge in [0.2, 0.25) is 0 Å². The Morgan fingerprint density at radius 3 is 2.39 bits per heavy atom. The molecule has 23 heavy (non-hydrogen) atoms. The van der Waals surface area contributed by atoms with Crippen molar-refractivity contribution in [2.24, 2.45) is 0 Å². The molecule has 122 valence electrons. The van der Waals surface area contributed by atoms with Gasteiger partial charge in [0.05, 0.1) is 12.8 Å². The molecule has 0 unspecified atom stereocenters. The van der Waals surface area contributed by atoms with E-state index in [1.54, 1.807) is 26.2 Å². The van der Waals surface area contributed by atoms with Crippen molar-refractivity contribution < 1.29 is 14.3 Å². The number of para-hydroxylation sites is 2. The van der Waals surface area contributed by atoms with Gasteiger partial charge in [0.15, 0.2) is 6.10 Å². The molecule has 0 aliphatic heterocycles. The molecule has 0 heterocycles. The number of halogens is 1. The number of rotatable bonds is 5. The zero-order chi connectivity index (χ0) is 17.0. The monoisotopic (exact) mass is 333 g/mol. The predicted octanol–water partition coefficient (Wildman–Crippen LogP) is 4.37. The largest absolute Gasteiger partial charge is 0.495 e. The van der Waals surface area contributed by atoms with Gasteiger partial charge in [0.25, 0.3) is 5.91 Å². The molecule has 2 rings (SSSR count). The van der Waals surface area contributed by atoms with Gasteiger partial charge in [0, 0.05) is 5.02 Å². The molecule has 0 saturated heterocycles. The molecule has 0 bridgehead atoms. The SMILES string of the molecule is COc1ccccc1NC(=O)[C@H](C)Oc1cc(C)c(Cl)c(C)c1. The van der Waals surface area contributed by atoms with Crippen molar-refractivity contribution in [2.45, 2.75) is 26.9 Å². The lowest BCUT2D eigenvalue weighted by molar-refractivity contribution is -0.122. The van der Waals surface area contributed by atoms with Crippen molar-refractivity contribution in [3.8, 4) is 11.5 Å². The summed E-state index contributed by atoms with van der Waals surface area (Å²) in [5.41, 5.74) is 2.44. The van der Waals surface area contributed by atoms with Gasteiger partial charge < -0.3 is 14.8 Å². The molecule has 0 radical (unpaired) electrons. The van der Waals surface area contributed by atoms with E-state index in [0.717, 1.165) is 11.1 Å². The summed E-state index contributed by atoms with van der Waals surface area (Å²) >= 11 is 6.14. The summed E-state index contributed by atoms with van der Waals surface area (Å²) in [6.45, 7) is 5.51. The quantitative estimate of drug-likeness (QED) is 0.883.